The Balaban J connectivity index is 1.31. The van der Waals surface area contributed by atoms with Crippen LogP contribution in [0.2, 0.25) is 0 Å². The number of piperidine rings is 1. The standard InChI is InChI=1S/C19H29N3O2/c1-21-9-5-16(13-24-18-4-2-3-8-20-18)12-19(21)14-22(15-19)17-6-10-23-11-7-17/h2-4,8,16-17H,5-7,9-15H2,1H3/t16-/m1/s1. The summed E-state index contributed by atoms with van der Waals surface area (Å²) in [6, 6.07) is 6.59. The Hall–Kier alpha value is -1.17. The fourth-order valence-corrected chi connectivity index (χ4v) is 4.58. The number of aromatic nitrogens is 1. The number of likely N-dealkylation sites (tertiary alicyclic amines) is 2. The molecule has 0 amide bonds. The molecule has 24 heavy (non-hydrogen) atoms. The number of pyridine rings is 1. The van der Waals surface area contributed by atoms with Gasteiger partial charge in [0.25, 0.3) is 0 Å². The second-order valence-electron chi connectivity index (χ2n) is 7.73. The molecule has 0 aliphatic carbocycles. The van der Waals surface area contributed by atoms with E-state index in [0.717, 1.165) is 31.7 Å². The van der Waals surface area contributed by atoms with E-state index in [9.17, 15) is 0 Å². The molecule has 0 radical (unpaired) electrons. The molecule has 3 fully saturated rings. The van der Waals surface area contributed by atoms with Crippen LogP contribution in [0.4, 0.5) is 0 Å². The first kappa shape index (κ1) is 16.3. The van der Waals surface area contributed by atoms with Crippen molar-refractivity contribution in [2.75, 3.05) is 46.5 Å². The van der Waals surface area contributed by atoms with Crippen LogP contribution in [0.15, 0.2) is 24.4 Å². The maximum absolute atomic E-state index is 5.93. The number of hydrogen-bond acceptors (Lipinski definition) is 5. The number of ether oxygens (including phenoxy) is 2. The largest absolute Gasteiger partial charge is 0.477 e. The molecule has 0 N–H and O–H groups in total. The molecule has 1 aromatic heterocycles. The van der Waals surface area contributed by atoms with Crippen molar-refractivity contribution >= 4 is 0 Å². The van der Waals surface area contributed by atoms with Crippen molar-refractivity contribution in [2.45, 2.75) is 37.3 Å². The Kier molecular flexibility index (Phi) is 4.74. The fourth-order valence-electron chi connectivity index (χ4n) is 4.58. The van der Waals surface area contributed by atoms with Gasteiger partial charge in [-0.05, 0) is 51.3 Å². The highest BCUT2D eigenvalue weighted by molar-refractivity contribution is 5.10. The summed E-state index contributed by atoms with van der Waals surface area (Å²) in [5, 5.41) is 0. The number of rotatable bonds is 4. The van der Waals surface area contributed by atoms with Crippen LogP contribution in [0.1, 0.15) is 25.7 Å². The lowest BCUT2D eigenvalue weighted by Gasteiger charge is -2.61. The molecule has 4 rings (SSSR count). The van der Waals surface area contributed by atoms with Gasteiger partial charge >= 0.3 is 0 Å². The van der Waals surface area contributed by atoms with Crippen molar-refractivity contribution < 1.29 is 9.47 Å². The molecule has 132 valence electrons. The maximum Gasteiger partial charge on any atom is 0.213 e. The van der Waals surface area contributed by atoms with E-state index in [-0.39, 0.29) is 0 Å². The predicted molar refractivity (Wildman–Crippen MR) is 93.2 cm³/mol. The smallest absolute Gasteiger partial charge is 0.213 e. The van der Waals surface area contributed by atoms with Gasteiger partial charge in [0, 0.05) is 50.1 Å². The van der Waals surface area contributed by atoms with Crippen molar-refractivity contribution in [3.63, 3.8) is 0 Å². The number of likely N-dealkylation sites (N-methyl/N-ethyl adjacent to an activating group) is 1. The fraction of sp³-hybridized carbons (Fsp3) is 0.737. The summed E-state index contributed by atoms with van der Waals surface area (Å²) in [7, 11) is 2.30. The molecule has 0 unspecified atom stereocenters. The Bertz CT molecular complexity index is 527. The highest BCUT2D eigenvalue weighted by atomic mass is 16.5. The van der Waals surface area contributed by atoms with Crippen LogP contribution >= 0.6 is 0 Å². The van der Waals surface area contributed by atoms with Gasteiger partial charge in [-0.2, -0.15) is 0 Å². The summed E-state index contributed by atoms with van der Waals surface area (Å²) in [5.41, 5.74) is 0.370. The predicted octanol–water partition coefficient (Wildman–Crippen LogP) is 2.04. The second kappa shape index (κ2) is 6.98. The highest BCUT2D eigenvalue weighted by Gasteiger charge is 2.51. The van der Waals surface area contributed by atoms with E-state index in [2.05, 4.69) is 21.8 Å². The average Bonchev–Trinajstić information content (AvgIpc) is 2.61. The van der Waals surface area contributed by atoms with Crippen LogP contribution in [0.25, 0.3) is 0 Å². The van der Waals surface area contributed by atoms with E-state index >= 15 is 0 Å². The zero-order valence-corrected chi connectivity index (χ0v) is 14.7. The average molecular weight is 331 g/mol. The molecule has 0 bridgehead atoms. The molecule has 1 spiro atoms. The Morgan fingerprint density at radius 1 is 1.25 bits per heavy atom. The zero-order chi connectivity index (χ0) is 16.4. The molecule has 5 heteroatoms. The van der Waals surface area contributed by atoms with Crippen molar-refractivity contribution in [3.05, 3.63) is 24.4 Å². The van der Waals surface area contributed by atoms with E-state index in [1.54, 1.807) is 6.20 Å². The minimum Gasteiger partial charge on any atom is -0.477 e. The molecule has 0 saturated carbocycles. The molecule has 5 nitrogen and oxygen atoms in total. The van der Waals surface area contributed by atoms with Crippen molar-refractivity contribution in [1.29, 1.82) is 0 Å². The van der Waals surface area contributed by atoms with Crippen LogP contribution in [-0.2, 0) is 4.74 Å². The van der Waals surface area contributed by atoms with Crippen LogP contribution in [0.3, 0.4) is 0 Å². The lowest BCUT2D eigenvalue weighted by molar-refractivity contribution is -0.114. The molecule has 3 saturated heterocycles. The van der Waals surface area contributed by atoms with Gasteiger partial charge in [-0.3, -0.25) is 9.80 Å². The normalized spacial score (nSPS) is 28.6. The van der Waals surface area contributed by atoms with Crippen molar-refractivity contribution in [3.8, 4) is 5.88 Å². The van der Waals surface area contributed by atoms with Crippen LogP contribution in [-0.4, -0.2) is 72.9 Å². The van der Waals surface area contributed by atoms with Gasteiger partial charge in [0.05, 0.1) is 6.61 Å². The summed E-state index contributed by atoms with van der Waals surface area (Å²) >= 11 is 0. The molecule has 0 aromatic carbocycles. The Morgan fingerprint density at radius 2 is 2.08 bits per heavy atom. The van der Waals surface area contributed by atoms with Gasteiger partial charge in [-0.1, -0.05) is 6.07 Å². The molecule has 3 aliphatic rings. The number of nitrogens with zero attached hydrogens (tertiary/aromatic N) is 3. The molecule has 1 aromatic rings. The van der Waals surface area contributed by atoms with Gasteiger partial charge in [0.1, 0.15) is 0 Å². The van der Waals surface area contributed by atoms with Crippen LogP contribution < -0.4 is 4.74 Å². The molecular formula is C19H29N3O2. The van der Waals surface area contributed by atoms with E-state index in [1.165, 1.54) is 45.3 Å². The highest BCUT2D eigenvalue weighted by Crippen LogP contribution is 2.40. The lowest BCUT2D eigenvalue weighted by Crippen LogP contribution is -2.73. The molecular weight excluding hydrogens is 302 g/mol. The van der Waals surface area contributed by atoms with Crippen LogP contribution in [0, 0.1) is 5.92 Å². The molecule has 3 aliphatic heterocycles. The van der Waals surface area contributed by atoms with Gasteiger partial charge in [-0.15, -0.1) is 0 Å². The van der Waals surface area contributed by atoms with Crippen LogP contribution in [0.5, 0.6) is 5.88 Å². The first-order valence-electron chi connectivity index (χ1n) is 9.32. The van der Waals surface area contributed by atoms with Crippen molar-refractivity contribution in [2.24, 2.45) is 5.92 Å². The molecule has 4 heterocycles. The van der Waals surface area contributed by atoms with E-state index in [1.807, 2.05) is 18.2 Å². The first-order chi connectivity index (χ1) is 11.8. The third kappa shape index (κ3) is 3.30. The van der Waals surface area contributed by atoms with E-state index < -0.39 is 0 Å². The van der Waals surface area contributed by atoms with Gasteiger partial charge in [0.15, 0.2) is 0 Å². The van der Waals surface area contributed by atoms with Gasteiger partial charge in [0.2, 0.25) is 5.88 Å². The SMILES string of the molecule is CN1CC[C@@H](COc2ccccn2)CC12CN(C1CCOCC1)C2. The Labute approximate surface area is 144 Å². The monoisotopic (exact) mass is 331 g/mol. The van der Waals surface area contributed by atoms with Crippen molar-refractivity contribution in [1.82, 2.24) is 14.8 Å². The van der Waals surface area contributed by atoms with Gasteiger partial charge in [-0.25, -0.2) is 4.98 Å². The van der Waals surface area contributed by atoms with E-state index in [4.69, 9.17) is 9.47 Å². The minimum atomic E-state index is 0.370. The topological polar surface area (TPSA) is 37.8 Å². The summed E-state index contributed by atoms with van der Waals surface area (Å²) in [5.74, 6) is 1.39. The Morgan fingerprint density at radius 3 is 2.83 bits per heavy atom. The van der Waals surface area contributed by atoms with Gasteiger partial charge < -0.3 is 9.47 Å². The maximum atomic E-state index is 5.93. The van der Waals surface area contributed by atoms with E-state index in [0.29, 0.717) is 11.5 Å². The third-order valence-corrected chi connectivity index (χ3v) is 6.16. The first-order valence-corrected chi connectivity index (χ1v) is 9.32. The molecule has 1 atom stereocenters. The summed E-state index contributed by atoms with van der Waals surface area (Å²) in [4.78, 5) is 9.55. The summed E-state index contributed by atoms with van der Waals surface area (Å²) < 4.78 is 11.4. The summed E-state index contributed by atoms with van der Waals surface area (Å²) in [6.45, 7) is 6.28. The third-order valence-electron chi connectivity index (χ3n) is 6.16. The second-order valence-corrected chi connectivity index (χ2v) is 7.73. The summed E-state index contributed by atoms with van der Waals surface area (Å²) in [6.07, 6.45) is 6.67. The lowest BCUT2D eigenvalue weighted by atomic mass is 9.74. The quantitative estimate of drug-likeness (QED) is 0.844. The zero-order valence-electron chi connectivity index (χ0n) is 14.7. The number of hydrogen-bond donors (Lipinski definition) is 0. The minimum absolute atomic E-state index is 0.370.